The zero-order chi connectivity index (χ0) is 20.0. The molecule has 0 saturated heterocycles. The van der Waals surface area contributed by atoms with Gasteiger partial charge in [-0.15, -0.1) is 0 Å². The summed E-state index contributed by atoms with van der Waals surface area (Å²) in [7, 11) is 0. The van der Waals surface area contributed by atoms with E-state index in [1.165, 1.54) is 6.07 Å². The van der Waals surface area contributed by atoms with Crippen LogP contribution in [-0.4, -0.2) is 19.3 Å². The first-order valence-electron chi connectivity index (χ1n) is 7.93. The number of halogens is 6. The van der Waals surface area contributed by atoms with E-state index in [2.05, 4.69) is 0 Å². The van der Waals surface area contributed by atoms with Crippen LogP contribution in [0, 0.1) is 6.92 Å². The number of rotatable bonds is 2. The third kappa shape index (κ3) is 3.83. The van der Waals surface area contributed by atoms with Crippen LogP contribution in [-0.2, 0) is 12.4 Å². The first-order valence-corrected chi connectivity index (χ1v) is 7.93. The predicted molar refractivity (Wildman–Crippen MR) is 85.6 cm³/mol. The van der Waals surface area contributed by atoms with Crippen LogP contribution >= 0.6 is 0 Å². The second-order valence-corrected chi connectivity index (χ2v) is 6.18. The Labute approximate surface area is 150 Å². The molecule has 1 heterocycles. The molecule has 0 bridgehead atoms. The molecule has 0 unspecified atom stereocenters. The summed E-state index contributed by atoms with van der Waals surface area (Å²) in [6, 6.07) is 4.52. The molecule has 1 aliphatic heterocycles. The molecule has 3 rings (SSSR count). The van der Waals surface area contributed by atoms with Crippen molar-refractivity contribution in [2.45, 2.75) is 25.4 Å². The van der Waals surface area contributed by atoms with E-state index < -0.39 is 35.1 Å². The van der Waals surface area contributed by atoms with Crippen LogP contribution in [0.4, 0.5) is 26.3 Å². The first-order chi connectivity index (χ1) is 12.5. The number of hydrogen-bond donors (Lipinski definition) is 1. The summed E-state index contributed by atoms with van der Waals surface area (Å²) in [6.07, 6.45) is -10.5. The van der Waals surface area contributed by atoms with Gasteiger partial charge in [0, 0.05) is 12.1 Å². The van der Waals surface area contributed by atoms with Gasteiger partial charge in [0.05, 0.1) is 11.1 Å². The average molecular weight is 391 g/mol. The van der Waals surface area contributed by atoms with E-state index in [9.17, 15) is 26.3 Å². The van der Waals surface area contributed by atoms with E-state index in [1.54, 1.807) is 13.0 Å². The lowest BCUT2D eigenvalue weighted by Crippen LogP contribution is -2.36. The Hall–Kier alpha value is -2.42. The van der Waals surface area contributed by atoms with Gasteiger partial charge in [0.1, 0.15) is 12.7 Å². The Kier molecular flexibility index (Phi) is 4.75. The highest BCUT2D eigenvalue weighted by molar-refractivity contribution is 5.78. The molecular weight excluding hydrogens is 376 g/mol. The number of hydrogen-bond acceptors (Lipinski definition) is 3. The molecule has 0 aromatic heterocycles. The van der Waals surface area contributed by atoms with Crippen molar-refractivity contribution in [1.29, 1.82) is 0 Å². The largest absolute Gasteiger partial charge is 0.486 e. The highest BCUT2D eigenvalue weighted by atomic mass is 19.4. The van der Waals surface area contributed by atoms with Gasteiger partial charge >= 0.3 is 12.4 Å². The molecule has 2 aromatic rings. The number of ether oxygens (including phenoxy) is 2. The van der Waals surface area contributed by atoms with Gasteiger partial charge in [-0.1, -0.05) is 6.07 Å². The van der Waals surface area contributed by atoms with Crippen molar-refractivity contribution in [3.8, 4) is 22.6 Å². The van der Waals surface area contributed by atoms with Crippen molar-refractivity contribution in [2.24, 2.45) is 5.73 Å². The Bertz CT molecular complexity index is 860. The molecule has 0 aliphatic carbocycles. The second kappa shape index (κ2) is 6.63. The summed E-state index contributed by atoms with van der Waals surface area (Å²) >= 11 is 0. The zero-order valence-electron chi connectivity index (χ0n) is 14.0. The maximum Gasteiger partial charge on any atom is 0.417 e. The number of alkyl halides is 6. The molecule has 0 fully saturated rings. The van der Waals surface area contributed by atoms with Crippen LogP contribution in [0.25, 0.3) is 11.1 Å². The summed E-state index contributed by atoms with van der Waals surface area (Å²) in [5.74, 6) is 0.260. The minimum Gasteiger partial charge on any atom is -0.486 e. The molecule has 1 atom stereocenters. The lowest BCUT2D eigenvalue weighted by atomic mass is 9.94. The van der Waals surface area contributed by atoms with Crippen molar-refractivity contribution in [2.75, 3.05) is 13.2 Å². The number of fused-ring (bicyclic) bond motifs is 1. The summed E-state index contributed by atoms with van der Waals surface area (Å²) in [5.41, 5.74) is 2.92. The lowest BCUT2D eigenvalue weighted by Gasteiger charge is -2.28. The molecule has 2 N–H and O–H groups in total. The molecule has 2 aromatic carbocycles. The van der Waals surface area contributed by atoms with Crippen LogP contribution in [0.5, 0.6) is 11.5 Å². The van der Waals surface area contributed by atoms with Crippen molar-refractivity contribution in [3.05, 3.63) is 47.0 Å². The average Bonchev–Trinajstić information content (AvgIpc) is 2.58. The van der Waals surface area contributed by atoms with Crippen LogP contribution < -0.4 is 15.2 Å². The van der Waals surface area contributed by atoms with E-state index in [0.29, 0.717) is 11.6 Å². The monoisotopic (exact) mass is 391 g/mol. The van der Waals surface area contributed by atoms with Crippen molar-refractivity contribution in [3.63, 3.8) is 0 Å². The molecule has 0 saturated carbocycles. The zero-order valence-corrected chi connectivity index (χ0v) is 14.0. The number of aryl methyl sites for hydroxylation is 1. The van der Waals surface area contributed by atoms with Gasteiger partial charge in [0.2, 0.25) is 0 Å². The van der Waals surface area contributed by atoms with Gasteiger partial charge < -0.3 is 15.2 Å². The topological polar surface area (TPSA) is 44.5 Å². The molecule has 9 heteroatoms. The minimum atomic E-state index is -4.99. The van der Waals surface area contributed by atoms with E-state index in [4.69, 9.17) is 15.2 Å². The highest BCUT2D eigenvalue weighted by Gasteiger charge is 2.39. The van der Waals surface area contributed by atoms with E-state index in [-0.39, 0.29) is 36.3 Å². The molecule has 3 nitrogen and oxygen atoms in total. The number of benzene rings is 2. The van der Waals surface area contributed by atoms with Crippen LogP contribution in [0.3, 0.4) is 0 Å². The van der Waals surface area contributed by atoms with Gasteiger partial charge in [-0.25, -0.2) is 0 Å². The molecular formula is C18H15F6NO2. The number of nitrogens with two attached hydrogens (primary N) is 1. The van der Waals surface area contributed by atoms with Gasteiger partial charge in [0.25, 0.3) is 0 Å². The van der Waals surface area contributed by atoms with Gasteiger partial charge in [0.15, 0.2) is 11.5 Å². The standard InChI is InChI=1S/C18H15F6NO2/c1-9-4-13(16-15(5-9)26-8-11(7-25)27-16)12-3-2-10(17(19,20)21)6-14(12)18(22,23)24/h2-6,11H,7-8,25H2,1H3/t11-/m0/s1. The molecule has 0 radical (unpaired) electrons. The fourth-order valence-electron chi connectivity index (χ4n) is 2.86. The van der Waals surface area contributed by atoms with Crippen LogP contribution in [0.1, 0.15) is 16.7 Å². The minimum absolute atomic E-state index is 0.00389. The van der Waals surface area contributed by atoms with E-state index in [0.717, 1.165) is 6.07 Å². The normalized spacial score (nSPS) is 17.1. The molecule has 1 aliphatic rings. The quantitative estimate of drug-likeness (QED) is 0.749. The predicted octanol–water partition coefficient (Wildman–Crippen LogP) is 4.80. The van der Waals surface area contributed by atoms with Crippen LogP contribution in [0.2, 0.25) is 0 Å². The first kappa shape index (κ1) is 19.3. The fourth-order valence-corrected chi connectivity index (χ4v) is 2.86. The second-order valence-electron chi connectivity index (χ2n) is 6.18. The Morgan fingerprint density at radius 3 is 2.30 bits per heavy atom. The van der Waals surface area contributed by atoms with E-state index in [1.807, 2.05) is 0 Å². The van der Waals surface area contributed by atoms with Crippen molar-refractivity contribution >= 4 is 0 Å². The summed E-state index contributed by atoms with van der Waals surface area (Å²) in [6.45, 7) is 1.84. The highest BCUT2D eigenvalue weighted by Crippen LogP contribution is 2.47. The summed E-state index contributed by atoms with van der Waals surface area (Å²) in [5, 5.41) is 0. The fraction of sp³-hybridized carbons (Fsp3) is 0.333. The van der Waals surface area contributed by atoms with Gasteiger partial charge in [-0.2, -0.15) is 26.3 Å². The summed E-state index contributed by atoms with van der Waals surface area (Å²) < 4.78 is 90.4. The van der Waals surface area contributed by atoms with Crippen molar-refractivity contribution < 1.29 is 35.8 Å². The van der Waals surface area contributed by atoms with Gasteiger partial charge in [-0.05, 0) is 42.3 Å². The SMILES string of the molecule is Cc1cc2c(c(-c3ccc(C(F)(F)F)cc3C(F)(F)F)c1)O[C@@H](CN)CO2. The third-order valence-corrected chi connectivity index (χ3v) is 4.11. The van der Waals surface area contributed by atoms with Crippen molar-refractivity contribution in [1.82, 2.24) is 0 Å². The maximum absolute atomic E-state index is 13.5. The van der Waals surface area contributed by atoms with Crippen LogP contribution in [0.15, 0.2) is 30.3 Å². The molecule has 0 spiro atoms. The third-order valence-electron chi connectivity index (χ3n) is 4.11. The lowest BCUT2D eigenvalue weighted by molar-refractivity contribution is -0.142. The van der Waals surface area contributed by atoms with E-state index >= 15 is 0 Å². The molecule has 146 valence electrons. The Balaban J connectivity index is 2.24. The maximum atomic E-state index is 13.5. The molecule has 27 heavy (non-hydrogen) atoms. The van der Waals surface area contributed by atoms with Gasteiger partial charge in [-0.3, -0.25) is 0 Å². The Morgan fingerprint density at radius 1 is 1.00 bits per heavy atom. The smallest absolute Gasteiger partial charge is 0.417 e. The Morgan fingerprint density at radius 2 is 1.70 bits per heavy atom. The molecule has 0 amide bonds. The summed E-state index contributed by atoms with van der Waals surface area (Å²) in [4.78, 5) is 0.